The zero-order valence-corrected chi connectivity index (χ0v) is 18.5. The van der Waals surface area contributed by atoms with Gasteiger partial charge in [0.15, 0.2) is 5.13 Å². The van der Waals surface area contributed by atoms with Gasteiger partial charge in [0.05, 0.1) is 27.2 Å². The van der Waals surface area contributed by atoms with Gasteiger partial charge in [-0.15, -0.1) is 11.3 Å². The number of nitrogens with zero attached hydrogens (tertiary/aromatic N) is 2. The zero-order chi connectivity index (χ0) is 19.6. The van der Waals surface area contributed by atoms with Crippen LogP contribution in [-0.2, 0) is 14.8 Å². The minimum Gasteiger partial charge on any atom is -0.494 e. The molecule has 27 heavy (non-hydrogen) atoms. The van der Waals surface area contributed by atoms with Crippen molar-refractivity contribution in [1.29, 1.82) is 0 Å². The molecule has 1 aromatic carbocycles. The number of carbonyl (C=O) groups is 1. The van der Waals surface area contributed by atoms with Crippen molar-refractivity contribution in [2.45, 2.75) is 11.1 Å². The number of aromatic nitrogens is 1. The Balaban J connectivity index is 1.69. The van der Waals surface area contributed by atoms with Crippen LogP contribution in [0.1, 0.15) is 6.92 Å². The number of rotatable bonds is 7. The molecule has 11 heteroatoms. The molecular formula is C16H16BrN3O4S3. The van der Waals surface area contributed by atoms with E-state index in [1.165, 1.54) is 24.5 Å². The highest BCUT2D eigenvalue weighted by atomic mass is 79.9. The van der Waals surface area contributed by atoms with Crippen LogP contribution in [0.5, 0.6) is 5.75 Å². The van der Waals surface area contributed by atoms with Crippen LogP contribution in [-0.4, -0.2) is 43.8 Å². The minimum absolute atomic E-state index is 0.174. The molecule has 1 amide bonds. The molecular weight excluding hydrogens is 474 g/mol. The van der Waals surface area contributed by atoms with Crippen LogP contribution >= 0.6 is 38.6 Å². The van der Waals surface area contributed by atoms with Gasteiger partial charge in [0.2, 0.25) is 5.91 Å². The number of benzene rings is 1. The molecule has 3 rings (SSSR count). The van der Waals surface area contributed by atoms with Gasteiger partial charge in [-0.05, 0) is 53.2 Å². The first-order chi connectivity index (χ1) is 12.8. The number of thiophene rings is 1. The topological polar surface area (TPSA) is 88.6 Å². The monoisotopic (exact) mass is 489 g/mol. The number of fused-ring (bicyclic) bond motifs is 1. The standard InChI is InChI=1S/C16H16BrN3O4S3/c1-3-24-10-4-5-11-12(8-10)25-16(18-11)19-14(21)9-20(2)27(22,23)15-7-6-13(17)26-15/h4-8H,3,9H2,1-2H3,(H,18,19,21). The summed E-state index contributed by atoms with van der Waals surface area (Å²) in [5.74, 6) is 0.278. The largest absolute Gasteiger partial charge is 0.494 e. The first-order valence-corrected chi connectivity index (χ1v) is 11.7. The van der Waals surface area contributed by atoms with E-state index in [-0.39, 0.29) is 10.8 Å². The predicted octanol–water partition coefficient (Wildman–Crippen LogP) is 3.78. The van der Waals surface area contributed by atoms with E-state index in [0.717, 1.165) is 31.6 Å². The summed E-state index contributed by atoms with van der Waals surface area (Å²) in [5.41, 5.74) is 0.739. The van der Waals surface area contributed by atoms with Crippen molar-refractivity contribution in [2.75, 3.05) is 25.5 Å². The Bertz CT molecular complexity index is 1080. The summed E-state index contributed by atoms with van der Waals surface area (Å²) in [6.45, 7) is 2.16. The van der Waals surface area contributed by atoms with Crippen LogP contribution in [0.4, 0.5) is 5.13 Å². The molecule has 0 aliphatic heterocycles. The van der Waals surface area contributed by atoms with Crippen LogP contribution in [0.15, 0.2) is 38.3 Å². The van der Waals surface area contributed by atoms with Gasteiger partial charge in [-0.25, -0.2) is 13.4 Å². The van der Waals surface area contributed by atoms with Crippen molar-refractivity contribution >= 4 is 69.9 Å². The van der Waals surface area contributed by atoms with E-state index >= 15 is 0 Å². The number of amides is 1. The lowest BCUT2D eigenvalue weighted by Gasteiger charge is -2.14. The summed E-state index contributed by atoms with van der Waals surface area (Å²) in [6.07, 6.45) is 0. The van der Waals surface area contributed by atoms with Crippen LogP contribution < -0.4 is 10.1 Å². The molecule has 1 N–H and O–H groups in total. The molecule has 7 nitrogen and oxygen atoms in total. The molecule has 0 atom stereocenters. The molecule has 2 heterocycles. The van der Waals surface area contributed by atoms with Crippen molar-refractivity contribution in [1.82, 2.24) is 9.29 Å². The van der Waals surface area contributed by atoms with Gasteiger partial charge in [0.1, 0.15) is 9.96 Å². The lowest BCUT2D eigenvalue weighted by molar-refractivity contribution is -0.116. The Morgan fingerprint density at radius 1 is 1.30 bits per heavy atom. The Labute approximate surface area is 173 Å². The van der Waals surface area contributed by atoms with Crippen molar-refractivity contribution in [3.05, 3.63) is 34.1 Å². The second kappa shape index (κ2) is 8.23. The van der Waals surface area contributed by atoms with Crippen LogP contribution in [0.3, 0.4) is 0 Å². The number of hydrogen-bond acceptors (Lipinski definition) is 7. The summed E-state index contributed by atoms with van der Waals surface area (Å²) in [7, 11) is -2.34. The molecule has 3 aromatic rings. The van der Waals surface area contributed by atoms with Crippen LogP contribution in [0.25, 0.3) is 10.2 Å². The maximum absolute atomic E-state index is 12.5. The van der Waals surface area contributed by atoms with Crippen molar-refractivity contribution in [3.8, 4) is 5.75 Å². The van der Waals surface area contributed by atoms with Crippen molar-refractivity contribution < 1.29 is 17.9 Å². The number of halogens is 1. The van der Waals surface area contributed by atoms with Gasteiger partial charge in [-0.3, -0.25) is 4.79 Å². The summed E-state index contributed by atoms with van der Waals surface area (Å²) < 4.78 is 33.2. The predicted molar refractivity (Wildman–Crippen MR) is 111 cm³/mol. The molecule has 0 saturated heterocycles. The second-order valence-electron chi connectivity index (χ2n) is 5.45. The first kappa shape index (κ1) is 20.2. The van der Waals surface area contributed by atoms with Crippen LogP contribution in [0, 0.1) is 0 Å². The SMILES string of the molecule is CCOc1ccc2nc(NC(=O)CN(C)S(=O)(=O)c3ccc(Br)s3)sc2c1. The van der Waals surface area contributed by atoms with E-state index in [1.807, 2.05) is 25.1 Å². The zero-order valence-electron chi connectivity index (χ0n) is 14.4. The first-order valence-electron chi connectivity index (χ1n) is 7.84. The summed E-state index contributed by atoms with van der Waals surface area (Å²) >= 11 is 5.64. The van der Waals surface area contributed by atoms with Gasteiger partial charge in [-0.2, -0.15) is 4.31 Å². The van der Waals surface area contributed by atoms with Gasteiger partial charge in [0, 0.05) is 7.05 Å². The number of likely N-dealkylation sites (N-methyl/N-ethyl adjacent to an activating group) is 1. The van der Waals surface area contributed by atoms with E-state index in [4.69, 9.17) is 4.74 Å². The number of nitrogens with one attached hydrogen (secondary N) is 1. The second-order valence-corrected chi connectivity index (χ2v) is 11.2. The molecule has 144 valence electrons. The van der Waals surface area contributed by atoms with E-state index in [2.05, 4.69) is 26.2 Å². The summed E-state index contributed by atoms with van der Waals surface area (Å²) in [6, 6.07) is 8.65. The number of anilines is 1. The van der Waals surface area contributed by atoms with E-state index in [1.54, 1.807) is 6.07 Å². The molecule has 0 radical (unpaired) electrons. The highest BCUT2D eigenvalue weighted by Gasteiger charge is 2.25. The molecule has 0 saturated carbocycles. The van der Waals surface area contributed by atoms with Gasteiger partial charge < -0.3 is 10.1 Å². The minimum atomic E-state index is -3.71. The van der Waals surface area contributed by atoms with Crippen molar-refractivity contribution in [2.24, 2.45) is 0 Å². The van der Waals surface area contributed by atoms with E-state index < -0.39 is 15.9 Å². The molecule has 0 aliphatic carbocycles. The number of carbonyl (C=O) groups excluding carboxylic acids is 1. The number of ether oxygens (including phenoxy) is 1. The van der Waals surface area contributed by atoms with Gasteiger partial charge >= 0.3 is 0 Å². The third kappa shape index (κ3) is 4.66. The quantitative estimate of drug-likeness (QED) is 0.545. The molecule has 2 aromatic heterocycles. The molecule has 0 fully saturated rings. The molecule has 0 bridgehead atoms. The third-order valence-electron chi connectivity index (χ3n) is 3.50. The smallest absolute Gasteiger partial charge is 0.252 e. The Kier molecular flexibility index (Phi) is 6.16. The lowest BCUT2D eigenvalue weighted by Crippen LogP contribution is -2.34. The Morgan fingerprint density at radius 3 is 2.74 bits per heavy atom. The summed E-state index contributed by atoms with van der Waals surface area (Å²) in [4.78, 5) is 16.6. The maximum Gasteiger partial charge on any atom is 0.252 e. The van der Waals surface area contributed by atoms with Gasteiger partial charge in [0.25, 0.3) is 10.0 Å². The maximum atomic E-state index is 12.5. The Hall–Kier alpha value is -1.53. The average molecular weight is 490 g/mol. The molecule has 0 unspecified atom stereocenters. The number of thiazole rings is 1. The van der Waals surface area contributed by atoms with Gasteiger partial charge in [-0.1, -0.05) is 11.3 Å². The van der Waals surface area contributed by atoms with Crippen LogP contribution in [0.2, 0.25) is 0 Å². The number of sulfonamides is 1. The fourth-order valence-corrected chi connectivity index (χ4v) is 6.51. The lowest BCUT2D eigenvalue weighted by atomic mass is 10.3. The highest BCUT2D eigenvalue weighted by molar-refractivity contribution is 9.11. The van der Waals surface area contributed by atoms with E-state index in [0.29, 0.717) is 15.5 Å². The Morgan fingerprint density at radius 2 is 2.07 bits per heavy atom. The van der Waals surface area contributed by atoms with E-state index in [9.17, 15) is 13.2 Å². The normalized spacial score (nSPS) is 11.9. The summed E-state index contributed by atoms with van der Waals surface area (Å²) in [5, 5.41) is 3.07. The third-order valence-corrected chi connectivity index (χ3v) is 8.32. The highest BCUT2D eigenvalue weighted by Crippen LogP contribution is 2.30. The fourth-order valence-electron chi connectivity index (χ4n) is 2.25. The average Bonchev–Trinajstić information content (AvgIpc) is 3.20. The fraction of sp³-hybridized carbons (Fsp3) is 0.250. The molecule has 0 spiro atoms. The number of hydrogen-bond donors (Lipinski definition) is 1. The molecule has 0 aliphatic rings. The van der Waals surface area contributed by atoms with Crippen molar-refractivity contribution in [3.63, 3.8) is 0 Å².